The number of halogens is 1. The van der Waals surface area contributed by atoms with E-state index >= 15 is 0 Å². The normalized spacial score (nSPS) is 14.4. The van der Waals surface area contributed by atoms with E-state index in [0.717, 1.165) is 4.88 Å². The lowest BCUT2D eigenvalue weighted by molar-refractivity contribution is 0.103. The zero-order valence-corrected chi connectivity index (χ0v) is 15.2. The molecule has 1 aromatic heterocycles. The van der Waals surface area contributed by atoms with Gasteiger partial charge in [-0.05, 0) is 42.0 Å². The number of rotatable bonds is 2. The van der Waals surface area contributed by atoms with Crippen LogP contribution in [0.15, 0.2) is 59.5 Å². The van der Waals surface area contributed by atoms with Crippen LogP contribution in [0.2, 0.25) is 5.02 Å². The smallest absolute Gasteiger partial charge is 0.265 e. The highest BCUT2D eigenvalue weighted by Crippen LogP contribution is 2.42. The minimum atomic E-state index is -3.37. The van der Waals surface area contributed by atoms with Crippen molar-refractivity contribution < 1.29 is 13.2 Å². The summed E-state index contributed by atoms with van der Waals surface area (Å²) >= 11 is 7.15. The Hall–Kier alpha value is -2.15. The van der Waals surface area contributed by atoms with Gasteiger partial charge in [0.05, 0.1) is 15.5 Å². The Kier molecular flexibility index (Phi) is 3.91. The summed E-state index contributed by atoms with van der Waals surface area (Å²) in [5, 5.41) is 3.39. The maximum Gasteiger partial charge on any atom is 0.265 e. The Morgan fingerprint density at radius 1 is 1.08 bits per heavy atom. The molecule has 4 rings (SSSR count). The largest absolute Gasteiger partial charge is 0.321 e. The Morgan fingerprint density at radius 2 is 1.80 bits per heavy atom. The second-order valence-electron chi connectivity index (χ2n) is 5.68. The highest BCUT2D eigenvalue weighted by atomic mass is 35.5. The number of amides is 1. The van der Waals surface area contributed by atoms with Crippen molar-refractivity contribution in [2.24, 2.45) is 0 Å². The molecular weight excluding hydrogens is 378 g/mol. The topological polar surface area (TPSA) is 63.2 Å². The molecular formula is C18H12ClNO3S2. The highest BCUT2D eigenvalue weighted by molar-refractivity contribution is 7.91. The minimum absolute atomic E-state index is 0.0793. The Bertz CT molecular complexity index is 1090. The van der Waals surface area contributed by atoms with Crippen LogP contribution >= 0.6 is 22.9 Å². The highest BCUT2D eigenvalue weighted by Gasteiger charge is 2.30. The lowest BCUT2D eigenvalue weighted by atomic mass is 10.1. The quantitative estimate of drug-likeness (QED) is 0.696. The van der Waals surface area contributed by atoms with E-state index in [9.17, 15) is 13.2 Å². The average molecular weight is 390 g/mol. The average Bonchev–Trinajstić information content (AvgIpc) is 3.00. The number of benzene rings is 2. The van der Waals surface area contributed by atoms with Crippen LogP contribution in [-0.2, 0) is 15.6 Å². The predicted molar refractivity (Wildman–Crippen MR) is 100 cm³/mol. The fraction of sp³-hybridized carbons (Fsp3) is 0.0556. The molecule has 0 bridgehead atoms. The molecule has 1 aliphatic rings. The molecule has 1 N–H and O–H groups in total. The van der Waals surface area contributed by atoms with Gasteiger partial charge in [0.2, 0.25) is 0 Å². The van der Waals surface area contributed by atoms with Crippen LogP contribution in [0.25, 0.3) is 10.4 Å². The van der Waals surface area contributed by atoms with Gasteiger partial charge in [-0.15, -0.1) is 11.3 Å². The molecule has 2 aromatic carbocycles. The number of anilines is 1. The van der Waals surface area contributed by atoms with Crippen LogP contribution in [0.3, 0.4) is 0 Å². The Balaban J connectivity index is 1.71. The second-order valence-corrected chi connectivity index (χ2v) is 9.13. The summed E-state index contributed by atoms with van der Waals surface area (Å²) < 4.78 is 24.9. The number of carbonyl (C=O) groups excluding carboxylic acids is 1. The first-order chi connectivity index (χ1) is 11.9. The predicted octanol–water partition coefficient (Wildman–Crippen LogP) is 4.61. The van der Waals surface area contributed by atoms with Crippen molar-refractivity contribution >= 4 is 44.4 Å². The summed E-state index contributed by atoms with van der Waals surface area (Å²) in [6.07, 6.45) is 0. The third-order valence-electron chi connectivity index (χ3n) is 3.95. The van der Waals surface area contributed by atoms with Crippen LogP contribution in [0.5, 0.6) is 0 Å². The SMILES string of the molecule is O=C(Nc1ccc(Cl)cc1)c1cc2c(s1)-c1ccccc1S(=O)(=O)C2. The molecule has 0 fully saturated rings. The first kappa shape index (κ1) is 16.3. The van der Waals surface area contributed by atoms with Gasteiger partial charge in [-0.25, -0.2) is 8.42 Å². The molecule has 3 aromatic rings. The number of carbonyl (C=O) groups is 1. The molecule has 0 atom stereocenters. The lowest BCUT2D eigenvalue weighted by Gasteiger charge is -2.15. The van der Waals surface area contributed by atoms with Gasteiger partial charge in [0, 0.05) is 21.2 Å². The van der Waals surface area contributed by atoms with Gasteiger partial charge < -0.3 is 5.32 Å². The molecule has 7 heteroatoms. The first-order valence-corrected chi connectivity index (χ1v) is 10.3. The summed E-state index contributed by atoms with van der Waals surface area (Å²) in [6.45, 7) is 0. The van der Waals surface area contributed by atoms with Crippen LogP contribution in [0, 0.1) is 0 Å². The van der Waals surface area contributed by atoms with Gasteiger partial charge in [0.25, 0.3) is 5.91 Å². The lowest BCUT2D eigenvalue weighted by Crippen LogP contribution is -2.11. The van der Waals surface area contributed by atoms with E-state index in [2.05, 4.69) is 5.32 Å². The van der Waals surface area contributed by atoms with Crippen LogP contribution in [0.1, 0.15) is 15.2 Å². The fourth-order valence-electron chi connectivity index (χ4n) is 2.81. The maximum absolute atomic E-state index is 12.5. The standard InChI is InChI=1S/C18H12ClNO3S2/c19-12-5-7-13(8-6-12)20-18(21)15-9-11-10-25(22,23)16-4-2-1-3-14(16)17(11)24-15/h1-9H,10H2,(H,20,21). The second kappa shape index (κ2) is 5.98. The van der Waals surface area contributed by atoms with E-state index in [1.165, 1.54) is 11.3 Å². The summed E-state index contributed by atoms with van der Waals surface area (Å²) in [4.78, 5) is 14.2. The van der Waals surface area contributed by atoms with Gasteiger partial charge in [-0.1, -0.05) is 29.8 Å². The van der Waals surface area contributed by atoms with E-state index in [-0.39, 0.29) is 11.7 Å². The van der Waals surface area contributed by atoms with Gasteiger partial charge in [0.15, 0.2) is 9.84 Å². The van der Waals surface area contributed by atoms with Gasteiger partial charge in [-0.2, -0.15) is 0 Å². The summed E-state index contributed by atoms with van der Waals surface area (Å²) in [5.41, 5.74) is 1.97. The molecule has 2 heterocycles. The van der Waals surface area contributed by atoms with Crippen molar-refractivity contribution in [2.45, 2.75) is 10.6 Å². The Labute approximate surface area is 154 Å². The molecule has 126 valence electrons. The molecule has 0 aliphatic carbocycles. The number of sulfone groups is 1. The third-order valence-corrected chi connectivity index (χ3v) is 7.13. The zero-order chi connectivity index (χ0) is 17.6. The number of hydrogen-bond donors (Lipinski definition) is 1. The van der Waals surface area contributed by atoms with Crippen LogP contribution in [-0.4, -0.2) is 14.3 Å². The molecule has 1 aliphatic heterocycles. The van der Waals surface area contributed by atoms with Gasteiger partial charge in [0.1, 0.15) is 0 Å². The Morgan fingerprint density at radius 3 is 2.56 bits per heavy atom. The third kappa shape index (κ3) is 2.97. The summed E-state index contributed by atoms with van der Waals surface area (Å²) in [6, 6.07) is 15.4. The molecule has 0 unspecified atom stereocenters. The first-order valence-electron chi connectivity index (χ1n) is 7.46. The van der Waals surface area contributed by atoms with Crippen molar-refractivity contribution in [1.82, 2.24) is 0 Å². The van der Waals surface area contributed by atoms with E-state index in [1.807, 2.05) is 0 Å². The van der Waals surface area contributed by atoms with Crippen molar-refractivity contribution in [2.75, 3.05) is 5.32 Å². The minimum Gasteiger partial charge on any atom is -0.321 e. The summed E-state index contributed by atoms with van der Waals surface area (Å²) in [5.74, 6) is -0.346. The van der Waals surface area contributed by atoms with Crippen LogP contribution in [0.4, 0.5) is 5.69 Å². The maximum atomic E-state index is 12.5. The molecule has 0 spiro atoms. The van der Waals surface area contributed by atoms with Crippen LogP contribution < -0.4 is 5.32 Å². The van der Waals surface area contributed by atoms with Crippen molar-refractivity contribution in [3.8, 4) is 10.4 Å². The molecule has 4 nitrogen and oxygen atoms in total. The van der Waals surface area contributed by atoms with E-state index in [4.69, 9.17) is 11.6 Å². The number of thiophene rings is 1. The number of fused-ring (bicyclic) bond motifs is 3. The van der Waals surface area contributed by atoms with E-state index < -0.39 is 9.84 Å². The van der Waals surface area contributed by atoms with E-state index in [0.29, 0.717) is 31.6 Å². The number of nitrogens with one attached hydrogen (secondary N) is 1. The molecule has 25 heavy (non-hydrogen) atoms. The van der Waals surface area contributed by atoms with Gasteiger partial charge >= 0.3 is 0 Å². The zero-order valence-electron chi connectivity index (χ0n) is 12.8. The number of hydrogen-bond acceptors (Lipinski definition) is 4. The summed E-state index contributed by atoms with van der Waals surface area (Å²) in [7, 11) is -3.37. The molecule has 0 saturated carbocycles. The van der Waals surface area contributed by atoms with Crippen molar-refractivity contribution in [3.63, 3.8) is 0 Å². The van der Waals surface area contributed by atoms with Gasteiger partial charge in [-0.3, -0.25) is 4.79 Å². The van der Waals surface area contributed by atoms with Crippen molar-refractivity contribution in [1.29, 1.82) is 0 Å². The monoisotopic (exact) mass is 389 g/mol. The van der Waals surface area contributed by atoms with E-state index in [1.54, 1.807) is 54.6 Å². The molecule has 1 amide bonds. The molecule has 0 saturated heterocycles. The van der Waals surface area contributed by atoms with Crippen molar-refractivity contribution in [3.05, 3.63) is 70.1 Å². The molecule has 0 radical (unpaired) electrons. The fourth-order valence-corrected chi connectivity index (χ4v) is 5.79.